The number of nitrogens with zero attached hydrogens (tertiary/aromatic N) is 1. The number of fused-ring (bicyclic) bond motifs is 1. The van der Waals surface area contributed by atoms with Gasteiger partial charge in [-0.05, 0) is 42.8 Å². The van der Waals surface area contributed by atoms with Gasteiger partial charge in [0.15, 0.2) is 5.75 Å². The number of carbonyl (C=O) groups is 2. The lowest BCUT2D eigenvalue weighted by molar-refractivity contribution is -0.133. The fourth-order valence-corrected chi connectivity index (χ4v) is 2.91. The predicted molar refractivity (Wildman–Crippen MR) is 94.1 cm³/mol. The molecule has 0 atom stereocenters. The zero-order chi connectivity index (χ0) is 17.3. The number of amides is 1. The normalized spacial score (nSPS) is 13.3. The first-order valence-corrected chi connectivity index (χ1v) is 7.99. The number of hydrogen-bond donors (Lipinski definition) is 1. The first kappa shape index (κ1) is 16.6. The van der Waals surface area contributed by atoms with Gasteiger partial charge in [-0.2, -0.15) is 0 Å². The monoisotopic (exact) mass is 364 g/mol. The second-order valence-electron chi connectivity index (χ2n) is 5.47. The van der Waals surface area contributed by atoms with Crippen molar-refractivity contribution in [2.75, 3.05) is 23.3 Å². The molecule has 0 unspecified atom stereocenters. The molecule has 1 N–H and O–H groups in total. The Balaban J connectivity index is 1.76. The van der Waals surface area contributed by atoms with Gasteiger partial charge in [0, 0.05) is 5.02 Å². The fourth-order valence-electron chi connectivity index (χ4n) is 2.46. The number of hydrogen-bond acceptors (Lipinski definition) is 4. The van der Waals surface area contributed by atoms with E-state index in [2.05, 4.69) is 5.32 Å². The van der Waals surface area contributed by atoms with E-state index in [0.29, 0.717) is 27.2 Å². The number of halogens is 2. The Hall–Kier alpha value is -2.24. The smallest absolute Gasteiger partial charge is 0.331 e. The third-order valence-electron chi connectivity index (χ3n) is 3.54. The molecule has 1 aliphatic rings. The largest absolute Gasteiger partial charge is 0.423 e. The summed E-state index contributed by atoms with van der Waals surface area (Å²) in [5.74, 6) is -0.227. The zero-order valence-electron chi connectivity index (χ0n) is 12.8. The van der Waals surface area contributed by atoms with Crippen molar-refractivity contribution in [2.45, 2.75) is 6.92 Å². The maximum atomic E-state index is 12.3. The van der Waals surface area contributed by atoms with E-state index >= 15 is 0 Å². The van der Waals surface area contributed by atoms with Crippen molar-refractivity contribution in [3.63, 3.8) is 0 Å². The highest BCUT2D eigenvalue weighted by Gasteiger charge is 2.25. The molecule has 7 heteroatoms. The third-order valence-corrected chi connectivity index (χ3v) is 4.09. The Labute approximate surface area is 149 Å². The summed E-state index contributed by atoms with van der Waals surface area (Å²) >= 11 is 11.9. The van der Waals surface area contributed by atoms with Gasteiger partial charge in [-0.1, -0.05) is 29.3 Å². The molecule has 5 nitrogen and oxygen atoms in total. The molecule has 1 heterocycles. The Morgan fingerprint density at radius 2 is 2.04 bits per heavy atom. The average Bonchev–Trinajstić information content (AvgIpc) is 2.49. The van der Waals surface area contributed by atoms with Crippen molar-refractivity contribution in [3.8, 4) is 5.75 Å². The molecule has 1 aliphatic heterocycles. The number of ether oxygens (including phenoxy) is 1. The van der Waals surface area contributed by atoms with Crippen LogP contribution in [0.2, 0.25) is 10.0 Å². The highest BCUT2D eigenvalue weighted by molar-refractivity contribution is 6.36. The molecule has 0 aliphatic carbocycles. The number of benzene rings is 2. The van der Waals surface area contributed by atoms with E-state index in [0.717, 1.165) is 5.56 Å². The standard InChI is InChI=1S/C17H14Cl2N2O3/c1-10-2-5-14-15(6-10)24-17(23)9-21(14)8-16(22)20-13-4-3-11(18)7-12(13)19/h2-7H,8-9H2,1H3,(H,20,22). The molecular weight excluding hydrogens is 351 g/mol. The van der Waals surface area contributed by atoms with Crippen molar-refractivity contribution in [2.24, 2.45) is 0 Å². The highest BCUT2D eigenvalue weighted by atomic mass is 35.5. The highest BCUT2D eigenvalue weighted by Crippen LogP contribution is 2.32. The van der Waals surface area contributed by atoms with Crippen LogP contribution in [0.1, 0.15) is 5.56 Å². The van der Waals surface area contributed by atoms with E-state index in [9.17, 15) is 9.59 Å². The molecule has 0 bridgehead atoms. The number of esters is 1. The van der Waals surface area contributed by atoms with Crippen molar-refractivity contribution < 1.29 is 14.3 Å². The summed E-state index contributed by atoms with van der Waals surface area (Å²) in [6.07, 6.45) is 0. The van der Waals surface area contributed by atoms with Gasteiger partial charge in [0.1, 0.15) is 6.54 Å². The lowest BCUT2D eigenvalue weighted by Crippen LogP contribution is -2.41. The third kappa shape index (κ3) is 3.63. The van der Waals surface area contributed by atoms with Gasteiger partial charge in [-0.25, -0.2) is 4.79 Å². The first-order chi connectivity index (χ1) is 11.4. The van der Waals surface area contributed by atoms with E-state index in [-0.39, 0.29) is 19.0 Å². The van der Waals surface area contributed by atoms with Gasteiger partial charge in [-0.3, -0.25) is 4.79 Å². The van der Waals surface area contributed by atoms with E-state index < -0.39 is 5.97 Å². The molecule has 0 saturated heterocycles. The number of nitrogens with one attached hydrogen (secondary N) is 1. The summed E-state index contributed by atoms with van der Waals surface area (Å²) in [4.78, 5) is 25.7. The molecule has 0 aromatic heterocycles. The van der Waals surface area contributed by atoms with Gasteiger partial charge in [0.05, 0.1) is 22.9 Å². The van der Waals surface area contributed by atoms with E-state index in [1.54, 1.807) is 29.2 Å². The predicted octanol–water partition coefficient (Wildman–Crippen LogP) is 3.67. The topological polar surface area (TPSA) is 58.6 Å². The second kappa shape index (κ2) is 6.71. The van der Waals surface area contributed by atoms with Crippen LogP contribution in [0.4, 0.5) is 11.4 Å². The van der Waals surface area contributed by atoms with Gasteiger partial charge in [0.25, 0.3) is 0 Å². The van der Waals surface area contributed by atoms with Crippen molar-refractivity contribution in [1.82, 2.24) is 0 Å². The quantitative estimate of drug-likeness (QED) is 0.666. The van der Waals surface area contributed by atoms with Crippen LogP contribution in [0.25, 0.3) is 0 Å². The number of carbonyl (C=O) groups excluding carboxylic acids is 2. The van der Waals surface area contributed by atoms with Crippen LogP contribution in [0.3, 0.4) is 0 Å². The van der Waals surface area contributed by atoms with Gasteiger partial charge >= 0.3 is 5.97 Å². The van der Waals surface area contributed by atoms with Crippen molar-refractivity contribution in [1.29, 1.82) is 0 Å². The molecule has 0 spiro atoms. The SMILES string of the molecule is Cc1ccc2c(c1)OC(=O)CN2CC(=O)Nc1ccc(Cl)cc1Cl. The molecule has 3 rings (SSSR count). The summed E-state index contributed by atoms with van der Waals surface area (Å²) in [6.45, 7) is 1.92. The Bertz CT molecular complexity index is 823. The first-order valence-electron chi connectivity index (χ1n) is 7.23. The Kier molecular flexibility index (Phi) is 4.64. The van der Waals surface area contributed by atoms with Gasteiger partial charge in [-0.15, -0.1) is 0 Å². The van der Waals surface area contributed by atoms with Crippen LogP contribution in [0.15, 0.2) is 36.4 Å². The van der Waals surface area contributed by atoms with Crippen LogP contribution in [-0.2, 0) is 9.59 Å². The summed E-state index contributed by atoms with van der Waals surface area (Å²) in [5.41, 5.74) is 2.15. The van der Waals surface area contributed by atoms with Crippen molar-refractivity contribution in [3.05, 3.63) is 52.0 Å². The maximum absolute atomic E-state index is 12.3. The summed E-state index contributed by atoms with van der Waals surface area (Å²) < 4.78 is 5.23. The molecule has 1 amide bonds. The molecule has 2 aromatic carbocycles. The van der Waals surface area contributed by atoms with Crippen LogP contribution in [0, 0.1) is 6.92 Å². The average molecular weight is 365 g/mol. The molecule has 124 valence electrons. The molecule has 0 fully saturated rings. The zero-order valence-corrected chi connectivity index (χ0v) is 14.3. The number of aryl methyl sites for hydroxylation is 1. The minimum Gasteiger partial charge on any atom is -0.423 e. The minimum atomic E-state index is -0.398. The van der Waals surface area contributed by atoms with E-state index in [4.69, 9.17) is 27.9 Å². The summed E-state index contributed by atoms with van der Waals surface area (Å²) in [6, 6.07) is 10.3. The van der Waals surface area contributed by atoms with E-state index in [1.807, 2.05) is 19.1 Å². The molecule has 2 aromatic rings. The lowest BCUT2D eigenvalue weighted by atomic mass is 10.1. The number of rotatable bonds is 3. The van der Waals surface area contributed by atoms with Crippen LogP contribution >= 0.6 is 23.2 Å². The molecule has 0 saturated carbocycles. The maximum Gasteiger partial charge on any atom is 0.331 e. The molecule has 24 heavy (non-hydrogen) atoms. The Morgan fingerprint density at radius 1 is 1.25 bits per heavy atom. The van der Waals surface area contributed by atoms with Crippen LogP contribution < -0.4 is 15.0 Å². The molecule has 0 radical (unpaired) electrons. The molecular formula is C17H14Cl2N2O3. The number of anilines is 2. The lowest BCUT2D eigenvalue weighted by Gasteiger charge is -2.29. The Morgan fingerprint density at radius 3 is 2.79 bits per heavy atom. The summed E-state index contributed by atoms with van der Waals surface area (Å²) in [5, 5.41) is 3.56. The van der Waals surface area contributed by atoms with Crippen LogP contribution in [-0.4, -0.2) is 25.0 Å². The minimum absolute atomic E-state index is 0.00408. The van der Waals surface area contributed by atoms with Gasteiger partial charge < -0.3 is 15.0 Å². The van der Waals surface area contributed by atoms with Crippen LogP contribution in [0.5, 0.6) is 5.75 Å². The fraction of sp³-hybridized carbons (Fsp3) is 0.176. The van der Waals surface area contributed by atoms with Gasteiger partial charge in [0.2, 0.25) is 5.91 Å². The summed E-state index contributed by atoms with van der Waals surface area (Å²) in [7, 11) is 0. The van der Waals surface area contributed by atoms with Crippen molar-refractivity contribution >= 4 is 46.5 Å². The van der Waals surface area contributed by atoms with E-state index in [1.165, 1.54) is 0 Å². The second-order valence-corrected chi connectivity index (χ2v) is 6.32.